The number of methoxy groups -OCH3 is 2. The highest BCUT2D eigenvalue weighted by atomic mass is 16.6. The summed E-state index contributed by atoms with van der Waals surface area (Å²) in [5.74, 6) is 1.63. The van der Waals surface area contributed by atoms with Gasteiger partial charge in [0.05, 0.1) is 18.1 Å². The maximum Gasteiger partial charge on any atom is 0.166 e. The molecule has 5 nitrogen and oxygen atoms in total. The lowest BCUT2D eigenvalue weighted by Gasteiger charge is -2.69. The molecule has 5 heteroatoms. The van der Waals surface area contributed by atoms with Crippen molar-refractivity contribution in [2.45, 2.75) is 75.7 Å². The average Bonchev–Trinajstić information content (AvgIpc) is 3.00. The summed E-state index contributed by atoms with van der Waals surface area (Å²) in [6, 6.07) is 4.57. The first-order valence-electron chi connectivity index (χ1n) is 11.2. The maximum absolute atomic E-state index is 11.9. The van der Waals surface area contributed by atoms with Gasteiger partial charge in [-0.1, -0.05) is 32.4 Å². The summed E-state index contributed by atoms with van der Waals surface area (Å²) in [4.78, 5) is 0. The number of hydrogen-bond donors (Lipinski definition) is 2. The normalized spacial score (nSPS) is 39.6. The molecule has 6 aliphatic rings. The van der Waals surface area contributed by atoms with E-state index in [4.69, 9.17) is 14.2 Å². The first-order chi connectivity index (χ1) is 14.1. The summed E-state index contributed by atoms with van der Waals surface area (Å²) in [6.45, 7) is 9.32. The Labute approximate surface area is 178 Å². The zero-order chi connectivity index (χ0) is 21.3. The van der Waals surface area contributed by atoms with E-state index >= 15 is 0 Å². The molecule has 6 atom stereocenters. The first kappa shape index (κ1) is 19.1. The third-order valence-electron chi connectivity index (χ3n) is 9.27. The molecule has 1 spiro atoms. The van der Waals surface area contributed by atoms with Gasteiger partial charge < -0.3 is 24.6 Å². The molecule has 1 saturated heterocycles. The summed E-state index contributed by atoms with van der Waals surface area (Å²) >= 11 is 0. The number of nitrogens with one attached hydrogen (secondary N) is 1. The Kier molecular flexibility index (Phi) is 3.47. The summed E-state index contributed by atoms with van der Waals surface area (Å²) < 4.78 is 19.0. The van der Waals surface area contributed by atoms with Crippen LogP contribution in [0.5, 0.6) is 11.5 Å². The third-order valence-corrected chi connectivity index (χ3v) is 9.27. The number of benzene rings is 1. The van der Waals surface area contributed by atoms with Crippen molar-refractivity contribution in [2.24, 2.45) is 11.3 Å². The van der Waals surface area contributed by atoms with E-state index in [0.717, 1.165) is 37.3 Å². The van der Waals surface area contributed by atoms with Crippen LogP contribution in [0.15, 0.2) is 23.3 Å². The van der Waals surface area contributed by atoms with E-state index < -0.39 is 11.2 Å². The van der Waals surface area contributed by atoms with Gasteiger partial charge in [0.25, 0.3) is 0 Å². The summed E-state index contributed by atoms with van der Waals surface area (Å²) in [5.41, 5.74) is 3.67. The monoisotopic (exact) mass is 411 g/mol. The fourth-order valence-electron chi connectivity index (χ4n) is 7.54. The molecular weight excluding hydrogens is 378 g/mol. The molecule has 1 aromatic rings. The van der Waals surface area contributed by atoms with Crippen molar-refractivity contribution < 1.29 is 19.3 Å². The molecule has 30 heavy (non-hydrogen) atoms. The lowest BCUT2D eigenvalue weighted by Crippen LogP contribution is -2.78. The molecule has 2 N–H and O–H groups in total. The fraction of sp³-hybridized carbons (Fsp3) is 0.680. The molecule has 4 aliphatic carbocycles. The van der Waals surface area contributed by atoms with Crippen LogP contribution in [-0.4, -0.2) is 49.2 Å². The van der Waals surface area contributed by atoms with Gasteiger partial charge in [-0.05, 0) is 48.9 Å². The SMILES string of the molecule is COc1ccc2c3c1OC1[C@]34CCN[C@H](C2)C4=C2C[C@@]1(OC)[C@H]2[C@@](C)(O)C(C)(C)C. The quantitative estimate of drug-likeness (QED) is 0.749. The standard InChI is InChI=1S/C25H33NO4/c1-22(2,3)23(4,27)20-14-12-25(20,29-6)21-24-9-10-26-15(18(14)24)11-13-7-8-16(28-5)19(30-21)17(13)24/h7-8,15,20-21,26-27H,9-12H2,1-6H3/t15-,20-,21?,23-,24-,25-/m1/s1. The van der Waals surface area contributed by atoms with Gasteiger partial charge in [0, 0.05) is 31.1 Å². The molecule has 162 valence electrons. The van der Waals surface area contributed by atoms with Crippen molar-refractivity contribution in [1.29, 1.82) is 0 Å². The zero-order valence-corrected chi connectivity index (χ0v) is 18.9. The Morgan fingerprint density at radius 3 is 2.63 bits per heavy atom. The topological polar surface area (TPSA) is 60.0 Å². The van der Waals surface area contributed by atoms with E-state index in [9.17, 15) is 5.11 Å². The first-order valence-corrected chi connectivity index (χ1v) is 11.2. The van der Waals surface area contributed by atoms with Gasteiger partial charge >= 0.3 is 0 Å². The van der Waals surface area contributed by atoms with Crippen LogP contribution in [0.25, 0.3) is 0 Å². The predicted octanol–water partition coefficient (Wildman–Crippen LogP) is 3.12. The number of aliphatic hydroxyl groups is 1. The molecule has 1 saturated carbocycles. The van der Waals surface area contributed by atoms with Crippen LogP contribution in [0, 0.1) is 11.3 Å². The van der Waals surface area contributed by atoms with E-state index in [0.29, 0.717) is 6.04 Å². The van der Waals surface area contributed by atoms with Crippen LogP contribution in [0.2, 0.25) is 0 Å². The fourth-order valence-corrected chi connectivity index (χ4v) is 7.54. The highest BCUT2D eigenvalue weighted by Gasteiger charge is 2.78. The number of piperidine rings is 1. The van der Waals surface area contributed by atoms with E-state index in [1.807, 2.05) is 13.0 Å². The van der Waals surface area contributed by atoms with Crippen molar-refractivity contribution in [3.8, 4) is 11.5 Å². The van der Waals surface area contributed by atoms with Gasteiger partial charge in [-0.25, -0.2) is 0 Å². The number of hydrogen-bond acceptors (Lipinski definition) is 5. The highest BCUT2D eigenvalue weighted by Crippen LogP contribution is 2.73. The van der Waals surface area contributed by atoms with Crippen LogP contribution in [0.1, 0.15) is 51.7 Å². The van der Waals surface area contributed by atoms with Crippen LogP contribution in [-0.2, 0) is 16.6 Å². The maximum atomic E-state index is 11.9. The second-order valence-electron chi connectivity index (χ2n) is 11.2. The Morgan fingerprint density at radius 2 is 1.97 bits per heavy atom. The van der Waals surface area contributed by atoms with Crippen molar-refractivity contribution in [3.63, 3.8) is 0 Å². The van der Waals surface area contributed by atoms with E-state index in [-0.39, 0.29) is 22.9 Å². The molecule has 0 aromatic heterocycles. The minimum absolute atomic E-state index is 0.0765. The lowest BCUT2D eigenvalue weighted by molar-refractivity contribution is -0.242. The molecule has 2 aliphatic heterocycles. The molecule has 4 bridgehead atoms. The van der Waals surface area contributed by atoms with E-state index in [1.165, 1.54) is 22.3 Å². The van der Waals surface area contributed by atoms with Gasteiger partial charge in [-0.3, -0.25) is 0 Å². The highest BCUT2D eigenvalue weighted by molar-refractivity contribution is 5.70. The third kappa shape index (κ3) is 1.80. The Morgan fingerprint density at radius 1 is 1.20 bits per heavy atom. The minimum atomic E-state index is -0.915. The van der Waals surface area contributed by atoms with Crippen LogP contribution >= 0.6 is 0 Å². The molecule has 0 radical (unpaired) electrons. The summed E-state index contributed by atoms with van der Waals surface area (Å²) in [7, 11) is 3.52. The average molecular weight is 412 g/mol. The summed E-state index contributed by atoms with van der Waals surface area (Å²) in [5, 5.41) is 15.7. The zero-order valence-electron chi connectivity index (χ0n) is 18.9. The molecule has 1 aromatic carbocycles. The lowest BCUT2D eigenvalue weighted by atomic mass is 9.39. The molecule has 1 unspecified atom stereocenters. The smallest absolute Gasteiger partial charge is 0.166 e. The second-order valence-corrected chi connectivity index (χ2v) is 11.2. The van der Waals surface area contributed by atoms with Gasteiger partial charge in [-0.2, -0.15) is 0 Å². The number of rotatable bonds is 3. The van der Waals surface area contributed by atoms with Crippen molar-refractivity contribution in [2.75, 3.05) is 20.8 Å². The Balaban J connectivity index is 1.66. The van der Waals surface area contributed by atoms with Gasteiger partial charge in [-0.15, -0.1) is 0 Å². The molecular formula is C25H33NO4. The van der Waals surface area contributed by atoms with Crippen LogP contribution < -0.4 is 14.8 Å². The molecule has 2 fully saturated rings. The van der Waals surface area contributed by atoms with E-state index in [1.54, 1.807) is 14.2 Å². The summed E-state index contributed by atoms with van der Waals surface area (Å²) in [6.07, 6.45) is 2.66. The largest absolute Gasteiger partial charge is 0.493 e. The Hall–Kier alpha value is -1.56. The van der Waals surface area contributed by atoms with Crippen molar-refractivity contribution in [1.82, 2.24) is 5.32 Å². The number of ether oxygens (including phenoxy) is 3. The molecule has 0 amide bonds. The Bertz CT molecular complexity index is 990. The van der Waals surface area contributed by atoms with Gasteiger partial charge in [0.1, 0.15) is 11.7 Å². The molecule has 7 rings (SSSR count). The second kappa shape index (κ2) is 5.43. The minimum Gasteiger partial charge on any atom is -0.493 e. The van der Waals surface area contributed by atoms with Gasteiger partial charge in [0.15, 0.2) is 11.5 Å². The van der Waals surface area contributed by atoms with E-state index in [2.05, 4.69) is 32.2 Å². The predicted molar refractivity (Wildman–Crippen MR) is 114 cm³/mol. The van der Waals surface area contributed by atoms with Crippen molar-refractivity contribution >= 4 is 0 Å². The molecule has 2 heterocycles. The van der Waals surface area contributed by atoms with Crippen LogP contribution in [0.3, 0.4) is 0 Å². The van der Waals surface area contributed by atoms with Gasteiger partial charge in [0.2, 0.25) is 0 Å². The van der Waals surface area contributed by atoms with Crippen LogP contribution in [0.4, 0.5) is 0 Å². The van der Waals surface area contributed by atoms with Crippen molar-refractivity contribution in [3.05, 3.63) is 34.4 Å².